The van der Waals surface area contributed by atoms with Crippen LogP contribution in [0, 0.1) is 0 Å². The molecule has 0 fully saturated rings. The summed E-state index contributed by atoms with van der Waals surface area (Å²) in [4.78, 5) is 11.4. The Kier molecular flexibility index (Phi) is 3.46. The molecule has 1 aromatic carbocycles. The zero-order valence-electron chi connectivity index (χ0n) is 8.54. The van der Waals surface area contributed by atoms with Crippen molar-refractivity contribution in [3.05, 3.63) is 42.0 Å². The summed E-state index contributed by atoms with van der Waals surface area (Å²) in [7, 11) is 0. The van der Waals surface area contributed by atoms with E-state index in [0.717, 1.165) is 11.1 Å². The van der Waals surface area contributed by atoms with E-state index in [1.54, 1.807) is 19.1 Å². The smallest absolute Gasteiger partial charge is 0.338 e. The largest absolute Gasteiger partial charge is 0.462 e. The maximum Gasteiger partial charge on any atom is 0.338 e. The third-order valence-electron chi connectivity index (χ3n) is 1.87. The first-order chi connectivity index (χ1) is 6.65. The first-order valence-corrected chi connectivity index (χ1v) is 4.58. The molecule has 0 aliphatic carbocycles. The summed E-state index contributed by atoms with van der Waals surface area (Å²) < 4.78 is 4.89. The Morgan fingerprint density at radius 1 is 1.43 bits per heavy atom. The average molecular weight is 190 g/mol. The molecule has 1 rings (SSSR count). The summed E-state index contributed by atoms with van der Waals surface area (Å²) in [5.74, 6) is -0.282. The third-order valence-corrected chi connectivity index (χ3v) is 1.87. The molecule has 0 radical (unpaired) electrons. The van der Waals surface area contributed by atoms with Gasteiger partial charge in [0.2, 0.25) is 0 Å². The van der Waals surface area contributed by atoms with Gasteiger partial charge in [-0.15, -0.1) is 0 Å². The number of rotatable bonds is 3. The van der Waals surface area contributed by atoms with E-state index in [-0.39, 0.29) is 5.97 Å². The van der Waals surface area contributed by atoms with Crippen LogP contribution in [0.15, 0.2) is 30.8 Å². The zero-order chi connectivity index (χ0) is 10.6. The molecular weight excluding hydrogens is 176 g/mol. The second-order valence-corrected chi connectivity index (χ2v) is 3.08. The number of benzene rings is 1. The Hall–Kier alpha value is -1.57. The van der Waals surface area contributed by atoms with E-state index in [9.17, 15) is 4.79 Å². The fraction of sp³-hybridized carbons (Fsp3) is 0.250. The van der Waals surface area contributed by atoms with E-state index in [1.165, 1.54) is 0 Å². The lowest BCUT2D eigenvalue weighted by Crippen LogP contribution is -2.04. The Labute approximate surface area is 84.2 Å². The standard InChI is InChI=1S/C12H14O2/c1-4-14-12(13)11-7-5-6-10(8-11)9(2)3/h5-8H,2,4H2,1,3H3. The van der Waals surface area contributed by atoms with Crippen LogP contribution in [0.4, 0.5) is 0 Å². The van der Waals surface area contributed by atoms with Crippen molar-refractivity contribution in [3.8, 4) is 0 Å². The molecule has 2 nitrogen and oxygen atoms in total. The summed E-state index contributed by atoms with van der Waals surface area (Å²) in [6.45, 7) is 7.92. The molecule has 0 aliphatic heterocycles. The molecule has 2 heteroatoms. The van der Waals surface area contributed by atoms with Gasteiger partial charge in [-0.1, -0.05) is 24.3 Å². The van der Waals surface area contributed by atoms with E-state index in [2.05, 4.69) is 6.58 Å². The highest BCUT2D eigenvalue weighted by Gasteiger charge is 2.06. The average Bonchev–Trinajstić information content (AvgIpc) is 2.18. The van der Waals surface area contributed by atoms with Gasteiger partial charge in [0.05, 0.1) is 12.2 Å². The predicted molar refractivity (Wildman–Crippen MR) is 57.1 cm³/mol. The van der Waals surface area contributed by atoms with Gasteiger partial charge in [0.25, 0.3) is 0 Å². The van der Waals surface area contributed by atoms with Crippen molar-refractivity contribution >= 4 is 11.5 Å². The number of allylic oxidation sites excluding steroid dienone is 1. The van der Waals surface area contributed by atoms with Crippen molar-refractivity contribution in [2.75, 3.05) is 6.61 Å². The first kappa shape index (κ1) is 10.5. The number of carbonyl (C=O) groups excluding carboxylic acids is 1. The molecule has 0 heterocycles. The van der Waals surface area contributed by atoms with Gasteiger partial charge in [0, 0.05) is 0 Å². The molecule has 0 aliphatic rings. The summed E-state index contributed by atoms with van der Waals surface area (Å²) >= 11 is 0. The molecule has 1 aromatic rings. The van der Waals surface area contributed by atoms with Crippen LogP contribution in [0.25, 0.3) is 5.57 Å². The molecule has 0 unspecified atom stereocenters. The predicted octanol–water partition coefficient (Wildman–Crippen LogP) is 2.90. The number of carbonyl (C=O) groups is 1. The van der Waals surface area contributed by atoms with Gasteiger partial charge >= 0.3 is 5.97 Å². The molecular formula is C12H14O2. The Morgan fingerprint density at radius 2 is 2.07 bits per heavy atom. The van der Waals surface area contributed by atoms with E-state index >= 15 is 0 Å². The summed E-state index contributed by atoms with van der Waals surface area (Å²) in [5.41, 5.74) is 2.49. The van der Waals surface area contributed by atoms with E-state index in [0.29, 0.717) is 12.2 Å². The molecule has 0 N–H and O–H groups in total. The maximum absolute atomic E-state index is 11.4. The van der Waals surface area contributed by atoms with Crippen molar-refractivity contribution in [3.63, 3.8) is 0 Å². The minimum absolute atomic E-state index is 0.282. The van der Waals surface area contributed by atoms with Gasteiger partial charge in [-0.3, -0.25) is 0 Å². The Balaban J connectivity index is 2.93. The molecule has 0 bridgehead atoms. The minimum Gasteiger partial charge on any atom is -0.462 e. The summed E-state index contributed by atoms with van der Waals surface area (Å²) in [6, 6.07) is 7.28. The Bertz CT molecular complexity index is 353. The molecule has 0 atom stereocenters. The van der Waals surface area contributed by atoms with Crippen LogP contribution in [0.5, 0.6) is 0 Å². The monoisotopic (exact) mass is 190 g/mol. The SMILES string of the molecule is C=C(C)c1cccc(C(=O)OCC)c1. The van der Waals surface area contributed by atoms with Crippen LogP contribution in [-0.2, 0) is 4.74 Å². The van der Waals surface area contributed by atoms with Crippen molar-refractivity contribution in [1.29, 1.82) is 0 Å². The van der Waals surface area contributed by atoms with Gasteiger partial charge in [-0.25, -0.2) is 4.79 Å². The number of ether oxygens (including phenoxy) is 1. The van der Waals surface area contributed by atoms with Gasteiger partial charge in [0.15, 0.2) is 0 Å². The minimum atomic E-state index is -0.282. The lowest BCUT2D eigenvalue weighted by Gasteiger charge is -2.04. The molecule has 14 heavy (non-hydrogen) atoms. The molecule has 74 valence electrons. The van der Waals surface area contributed by atoms with Crippen LogP contribution in [-0.4, -0.2) is 12.6 Å². The van der Waals surface area contributed by atoms with Gasteiger partial charge < -0.3 is 4.74 Å². The van der Waals surface area contributed by atoms with E-state index < -0.39 is 0 Å². The second-order valence-electron chi connectivity index (χ2n) is 3.08. The topological polar surface area (TPSA) is 26.3 Å². The molecule has 0 aromatic heterocycles. The summed E-state index contributed by atoms with van der Waals surface area (Å²) in [6.07, 6.45) is 0. The number of esters is 1. The Morgan fingerprint density at radius 3 is 2.64 bits per heavy atom. The zero-order valence-corrected chi connectivity index (χ0v) is 8.54. The van der Waals surface area contributed by atoms with Crippen molar-refractivity contribution in [1.82, 2.24) is 0 Å². The number of hydrogen-bond acceptors (Lipinski definition) is 2. The van der Waals surface area contributed by atoms with Crippen molar-refractivity contribution < 1.29 is 9.53 Å². The third kappa shape index (κ3) is 2.46. The van der Waals surface area contributed by atoms with Crippen LogP contribution in [0.1, 0.15) is 29.8 Å². The van der Waals surface area contributed by atoms with Crippen LogP contribution in [0.3, 0.4) is 0 Å². The normalized spacial score (nSPS) is 9.57. The maximum atomic E-state index is 11.4. The molecule has 0 spiro atoms. The first-order valence-electron chi connectivity index (χ1n) is 4.58. The van der Waals surface area contributed by atoms with Crippen LogP contribution >= 0.6 is 0 Å². The van der Waals surface area contributed by atoms with Crippen LogP contribution < -0.4 is 0 Å². The number of hydrogen-bond donors (Lipinski definition) is 0. The van der Waals surface area contributed by atoms with Gasteiger partial charge in [0.1, 0.15) is 0 Å². The summed E-state index contributed by atoms with van der Waals surface area (Å²) in [5, 5.41) is 0. The van der Waals surface area contributed by atoms with Gasteiger partial charge in [-0.05, 0) is 31.5 Å². The van der Waals surface area contributed by atoms with Crippen molar-refractivity contribution in [2.24, 2.45) is 0 Å². The quantitative estimate of drug-likeness (QED) is 0.685. The van der Waals surface area contributed by atoms with Crippen LogP contribution in [0.2, 0.25) is 0 Å². The lowest BCUT2D eigenvalue weighted by atomic mass is 10.1. The van der Waals surface area contributed by atoms with Crippen molar-refractivity contribution in [2.45, 2.75) is 13.8 Å². The molecule has 0 saturated heterocycles. The second kappa shape index (κ2) is 4.61. The fourth-order valence-electron chi connectivity index (χ4n) is 1.13. The highest BCUT2D eigenvalue weighted by Crippen LogP contribution is 2.13. The highest BCUT2D eigenvalue weighted by molar-refractivity contribution is 5.90. The molecule has 0 saturated carbocycles. The highest BCUT2D eigenvalue weighted by atomic mass is 16.5. The van der Waals surface area contributed by atoms with E-state index in [1.807, 2.05) is 19.1 Å². The van der Waals surface area contributed by atoms with E-state index in [4.69, 9.17) is 4.74 Å². The van der Waals surface area contributed by atoms with Gasteiger partial charge in [-0.2, -0.15) is 0 Å². The molecule has 0 amide bonds. The lowest BCUT2D eigenvalue weighted by molar-refractivity contribution is 0.0526. The fourth-order valence-corrected chi connectivity index (χ4v) is 1.13.